The van der Waals surface area contributed by atoms with E-state index in [1.165, 1.54) is 12.8 Å². The molecule has 0 aliphatic carbocycles. The molecule has 0 amide bonds. The van der Waals surface area contributed by atoms with E-state index in [0.717, 1.165) is 26.1 Å². The first kappa shape index (κ1) is 10.7. The number of nitrogens with zero attached hydrogens (tertiary/aromatic N) is 1. The molecule has 0 fully saturated rings. The standard InChI is InChI=1S/C11H21NO/c1-2-5-11(6-9-13)10-12-7-3-4-8-12/h3-4,11,13H,2,5-10H2,1H3. The van der Waals surface area contributed by atoms with Crippen molar-refractivity contribution in [3.63, 3.8) is 0 Å². The van der Waals surface area contributed by atoms with Gasteiger partial charge in [-0.25, -0.2) is 0 Å². The van der Waals surface area contributed by atoms with E-state index >= 15 is 0 Å². The van der Waals surface area contributed by atoms with Gasteiger partial charge in [0.1, 0.15) is 0 Å². The molecule has 0 saturated carbocycles. The van der Waals surface area contributed by atoms with Crippen molar-refractivity contribution in [2.24, 2.45) is 5.92 Å². The van der Waals surface area contributed by atoms with Gasteiger partial charge in [0.25, 0.3) is 0 Å². The van der Waals surface area contributed by atoms with Crippen molar-refractivity contribution < 1.29 is 5.11 Å². The summed E-state index contributed by atoms with van der Waals surface area (Å²) in [5.41, 5.74) is 0. The fourth-order valence-corrected chi connectivity index (χ4v) is 1.95. The van der Waals surface area contributed by atoms with Crippen molar-refractivity contribution in [1.82, 2.24) is 4.90 Å². The highest BCUT2D eigenvalue weighted by Crippen LogP contribution is 2.14. The van der Waals surface area contributed by atoms with Crippen LogP contribution in [0.15, 0.2) is 12.2 Å². The second-order valence-electron chi connectivity index (χ2n) is 3.86. The first-order valence-corrected chi connectivity index (χ1v) is 5.35. The molecular formula is C11H21NO. The molecule has 1 atom stereocenters. The normalized spacial score (nSPS) is 19.5. The molecule has 1 N–H and O–H groups in total. The van der Waals surface area contributed by atoms with Gasteiger partial charge in [-0.1, -0.05) is 25.5 Å². The maximum atomic E-state index is 8.90. The maximum absolute atomic E-state index is 8.90. The third kappa shape index (κ3) is 3.92. The Morgan fingerprint density at radius 3 is 2.54 bits per heavy atom. The summed E-state index contributed by atoms with van der Waals surface area (Å²) in [5.74, 6) is 0.690. The summed E-state index contributed by atoms with van der Waals surface area (Å²) in [6.45, 7) is 5.91. The third-order valence-corrected chi connectivity index (χ3v) is 2.64. The zero-order chi connectivity index (χ0) is 9.52. The topological polar surface area (TPSA) is 23.5 Å². The minimum atomic E-state index is 0.339. The molecule has 1 aliphatic heterocycles. The molecule has 0 saturated heterocycles. The quantitative estimate of drug-likeness (QED) is 0.633. The minimum Gasteiger partial charge on any atom is -0.396 e. The second kappa shape index (κ2) is 6.17. The molecule has 76 valence electrons. The highest BCUT2D eigenvalue weighted by Gasteiger charge is 2.13. The predicted octanol–water partition coefficient (Wildman–Crippen LogP) is 1.66. The number of aliphatic hydroxyl groups is 1. The summed E-state index contributed by atoms with van der Waals surface area (Å²) in [6, 6.07) is 0. The van der Waals surface area contributed by atoms with Crippen LogP contribution in [0.2, 0.25) is 0 Å². The van der Waals surface area contributed by atoms with Crippen LogP contribution in [-0.2, 0) is 0 Å². The van der Waals surface area contributed by atoms with Crippen molar-refractivity contribution in [2.75, 3.05) is 26.2 Å². The van der Waals surface area contributed by atoms with E-state index in [1.54, 1.807) is 0 Å². The van der Waals surface area contributed by atoms with Crippen molar-refractivity contribution >= 4 is 0 Å². The Bertz CT molecular complexity index is 142. The molecule has 1 rings (SSSR count). The Kier molecular flexibility index (Phi) is 5.09. The zero-order valence-corrected chi connectivity index (χ0v) is 8.58. The minimum absolute atomic E-state index is 0.339. The van der Waals surface area contributed by atoms with Crippen LogP contribution in [0.5, 0.6) is 0 Å². The summed E-state index contributed by atoms with van der Waals surface area (Å²) < 4.78 is 0. The van der Waals surface area contributed by atoms with E-state index in [1.807, 2.05) is 0 Å². The van der Waals surface area contributed by atoms with E-state index in [9.17, 15) is 0 Å². The van der Waals surface area contributed by atoms with Gasteiger partial charge in [-0.3, -0.25) is 4.90 Å². The van der Waals surface area contributed by atoms with Crippen molar-refractivity contribution in [3.05, 3.63) is 12.2 Å². The van der Waals surface area contributed by atoms with Crippen LogP contribution < -0.4 is 0 Å². The molecule has 0 aromatic carbocycles. The largest absolute Gasteiger partial charge is 0.396 e. The summed E-state index contributed by atoms with van der Waals surface area (Å²) in [7, 11) is 0. The number of aliphatic hydroxyl groups excluding tert-OH is 1. The zero-order valence-electron chi connectivity index (χ0n) is 8.58. The molecule has 0 aromatic heterocycles. The lowest BCUT2D eigenvalue weighted by molar-refractivity contribution is 0.211. The SMILES string of the molecule is CCCC(CCO)CN1CC=CC1. The molecule has 2 heteroatoms. The first-order valence-electron chi connectivity index (χ1n) is 5.35. The second-order valence-corrected chi connectivity index (χ2v) is 3.86. The Balaban J connectivity index is 2.20. The molecule has 13 heavy (non-hydrogen) atoms. The lowest BCUT2D eigenvalue weighted by atomic mass is 10.00. The van der Waals surface area contributed by atoms with E-state index < -0.39 is 0 Å². The predicted molar refractivity (Wildman–Crippen MR) is 55.7 cm³/mol. The van der Waals surface area contributed by atoms with Crippen LogP contribution in [0.25, 0.3) is 0 Å². The third-order valence-electron chi connectivity index (χ3n) is 2.64. The molecule has 1 heterocycles. The van der Waals surface area contributed by atoms with Gasteiger partial charge in [0, 0.05) is 26.2 Å². The van der Waals surface area contributed by atoms with Crippen LogP contribution in [0.3, 0.4) is 0 Å². The monoisotopic (exact) mass is 183 g/mol. The molecule has 0 radical (unpaired) electrons. The van der Waals surface area contributed by atoms with Crippen LogP contribution in [0.4, 0.5) is 0 Å². The Labute approximate surface area is 81.2 Å². The van der Waals surface area contributed by atoms with Crippen molar-refractivity contribution in [2.45, 2.75) is 26.2 Å². The van der Waals surface area contributed by atoms with E-state index in [2.05, 4.69) is 24.0 Å². The molecule has 2 nitrogen and oxygen atoms in total. The maximum Gasteiger partial charge on any atom is 0.0434 e. The highest BCUT2D eigenvalue weighted by atomic mass is 16.3. The summed E-state index contributed by atoms with van der Waals surface area (Å²) in [6.07, 6.45) is 7.89. The van der Waals surface area contributed by atoms with Gasteiger partial charge in [0.15, 0.2) is 0 Å². The van der Waals surface area contributed by atoms with Gasteiger partial charge in [-0.15, -0.1) is 0 Å². The summed E-state index contributed by atoms with van der Waals surface area (Å²) >= 11 is 0. The fraction of sp³-hybridized carbons (Fsp3) is 0.818. The molecule has 1 aliphatic rings. The smallest absolute Gasteiger partial charge is 0.0434 e. The Morgan fingerprint density at radius 1 is 1.31 bits per heavy atom. The van der Waals surface area contributed by atoms with Gasteiger partial charge < -0.3 is 5.11 Å². The Morgan fingerprint density at radius 2 is 2.00 bits per heavy atom. The van der Waals surface area contributed by atoms with Crippen LogP contribution in [-0.4, -0.2) is 36.2 Å². The van der Waals surface area contributed by atoms with E-state index in [4.69, 9.17) is 5.11 Å². The van der Waals surface area contributed by atoms with Gasteiger partial charge in [-0.05, 0) is 18.8 Å². The molecule has 0 spiro atoms. The summed E-state index contributed by atoms with van der Waals surface area (Å²) in [5, 5.41) is 8.90. The average molecular weight is 183 g/mol. The van der Waals surface area contributed by atoms with Gasteiger partial charge >= 0.3 is 0 Å². The summed E-state index contributed by atoms with van der Waals surface area (Å²) in [4.78, 5) is 2.44. The van der Waals surface area contributed by atoms with Crippen molar-refractivity contribution in [1.29, 1.82) is 0 Å². The lowest BCUT2D eigenvalue weighted by Gasteiger charge is -2.22. The average Bonchev–Trinajstić information content (AvgIpc) is 2.58. The van der Waals surface area contributed by atoms with Gasteiger partial charge in [0.05, 0.1) is 0 Å². The molecule has 0 aromatic rings. The lowest BCUT2D eigenvalue weighted by Crippen LogP contribution is -2.27. The molecule has 1 unspecified atom stereocenters. The molecule has 0 bridgehead atoms. The van der Waals surface area contributed by atoms with Gasteiger partial charge in [-0.2, -0.15) is 0 Å². The molecular weight excluding hydrogens is 162 g/mol. The number of rotatable bonds is 6. The number of hydrogen-bond acceptors (Lipinski definition) is 2. The number of hydrogen-bond donors (Lipinski definition) is 1. The fourth-order valence-electron chi connectivity index (χ4n) is 1.95. The van der Waals surface area contributed by atoms with Crippen molar-refractivity contribution in [3.8, 4) is 0 Å². The van der Waals surface area contributed by atoms with Gasteiger partial charge in [0.2, 0.25) is 0 Å². The van der Waals surface area contributed by atoms with E-state index in [-0.39, 0.29) is 0 Å². The van der Waals surface area contributed by atoms with E-state index in [0.29, 0.717) is 12.5 Å². The first-order chi connectivity index (χ1) is 6.36. The van der Waals surface area contributed by atoms with Crippen LogP contribution in [0.1, 0.15) is 26.2 Å². The van der Waals surface area contributed by atoms with Crippen LogP contribution in [0, 0.1) is 5.92 Å². The highest BCUT2D eigenvalue weighted by molar-refractivity contribution is 4.95. The van der Waals surface area contributed by atoms with Crippen LogP contribution >= 0.6 is 0 Å². The Hall–Kier alpha value is -0.340.